The Labute approximate surface area is 93.7 Å². The molecule has 16 heavy (non-hydrogen) atoms. The molecule has 1 N–H and O–H groups in total. The molecule has 0 aliphatic carbocycles. The van der Waals surface area contributed by atoms with Crippen molar-refractivity contribution in [2.24, 2.45) is 5.92 Å². The number of halogens is 3. The third-order valence-electron chi connectivity index (χ3n) is 2.22. The fourth-order valence-electron chi connectivity index (χ4n) is 1.69. The van der Waals surface area contributed by atoms with E-state index in [0.29, 0.717) is 18.1 Å². The molecular formula is C12H16F3N. The largest absolute Gasteiger partial charge is 0.378 e. The van der Waals surface area contributed by atoms with Crippen LogP contribution in [-0.2, 0) is 0 Å². The Bertz CT molecular complexity index is 340. The molecule has 0 spiro atoms. The van der Waals surface area contributed by atoms with Gasteiger partial charge in [0.15, 0.2) is 11.6 Å². The van der Waals surface area contributed by atoms with Gasteiger partial charge in [0.1, 0.15) is 11.5 Å². The molecule has 1 rings (SSSR count). The summed E-state index contributed by atoms with van der Waals surface area (Å²) in [5.41, 5.74) is -0.255. The quantitative estimate of drug-likeness (QED) is 0.827. The van der Waals surface area contributed by atoms with E-state index in [0.717, 1.165) is 6.42 Å². The number of benzene rings is 1. The molecule has 1 aromatic rings. The van der Waals surface area contributed by atoms with E-state index in [2.05, 4.69) is 5.32 Å². The highest BCUT2D eigenvalue weighted by Gasteiger charge is 2.14. The van der Waals surface area contributed by atoms with E-state index in [1.54, 1.807) is 0 Å². The lowest BCUT2D eigenvalue weighted by atomic mass is 10.0. The molecule has 4 heteroatoms. The van der Waals surface area contributed by atoms with Crippen molar-refractivity contribution in [1.82, 2.24) is 0 Å². The predicted molar refractivity (Wildman–Crippen MR) is 58.9 cm³/mol. The van der Waals surface area contributed by atoms with Crippen LogP contribution < -0.4 is 5.32 Å². The van der Waals surface area contributed by atoms with Crippen LogP contribution in [0, 0.1) is 23.4 Å². The summed E-state index contributed by atoms with van der Waals surface area (Å²) in [7, 11) is 0. The van der Waals surface area contributed by atoms with Gasteiger partial charge >= 0.3 is 0 Å². The molecule has 0 aromatic heterocycles. The molecule has 1 atom stereocenters. The second-order valence-corrected chi connectivity index (χ2v) is 4.42. The van der Waals surface area contributed by atoms with Gasteiger partial charge in [-0.3, -0.25) is 0 Å². The average Bonchev–Trinajstić information content (AvgIpc) is 2.09. The summed E-state index contributed by atoms with van der Waals surface area (Å²) >= 11 is 0. The monoisotopic (exact) mass is 231 g/mol. The maximum absolute atomic E-state index is 13.3. The zero-order valence-corrected chi connectivity index (χ0v) is 9.65. The van der Waals surface area contributed by atoms with Gasteiger partial charge in [-0.05, 0) is 19.3 Å². The summed E-state index contributed by atoms with van der Waals surface area (Å²) in [6, 6.07) is 1.29. The first-order chi connectivity index (χ1) is 7.40. The fourth-order valence-corrected chi connectivity index (χ4v) is 1.69. The van der Waals surface area contributed by atoms with Gasteiger partial charge in [-0.1, -0.05) is 13.8 Å². The van der Waals surface area contributed by atoms with Crippen LogP contribution in [0.25, 0.3) is 0 Å². The van der Waals surface area contributed by atoms with Gasteiger partial charge in [0.25, 0.3) is 0 Å². The van der Waals surface area contributed by atoms with Crippen LogP contribution in [0.2, 0.25) is 0 Å². The first kappa shape index (κ1) is 12.9. The van der Waals surface area contributed by atoms with E-state index >= 15 is 0 Å². The molecular weight excluding hydrogens is 215 g/mol. The molecule has 1 aromatic carbocycles. The lowest BCUT2D eigenvalue weighted by molar-refractivity contribution is 0.520. The zero-order chi connectivity index (χ0) is 12.3. The highest BCUT2D eigenvalue weighted by atomic mass is 19.1. The Balaban J connectivity index is 2.81. The van der Waals surface area contributed by atoms with Crippen LogP contribution >= 0.6 is 0 Å². The van der Waals surface area contributed by atoms with Gasteiger partial charge in [-0.2, -0.15) is 0 Å². The van der Waals surface area contributed by atoms with Crippen molar-refractivity contribution in [3.63, 3.8) is 0 Å². The molecule has 0 amide bonds. The average molecular weight is 231 g/mol. The number of anilines is 1. The second kappa shape index (κ2) is 5.23. The van der Waals surface area contributed by atoms with Crippen LogP contribution in [-0.4, -0.2) is 6.04 Å². The van der Waals surface area contributed by atoms with Gasteiger partial charge in [-0.25, -0.2) is 13.2 Å². The summed E-state index contributed by atoms with van der Waals surface area (Å²) in [5, 5.41) is 2.72. The topological polar surface area (TPSA) is 12.0 Å². The van der Waals surface area contributed by atoms with Crippen molar-refractivity contribution in [3.05, 3.63) is 29.6 Å². The molecule has 1 unspecified atom stereocenters. The van der Waals surface area contributed by atoms with E-state index < -0.39 is 17.5 Å². The van der Waals surface area contributed by atoms with Crippen molar-refractivity contribution in [2.75, 3.05) is 5.32 Å². The molecule has 0 fully saturated rings. The highest BCUT2D eigenvalue weighted by molar-refractivity contribution is 5.47. The highest BCUT2D eigenvalue weighted by Crippen LogP contribution is 2.22. The Hall–Kier alpha value is -1.19. The van der Waals surface area contributed by atoms with Crippen LogP contribution in [0.5, 0.6) is 0 Å². The van der Waals surface area contributed by atoms with Crippen molar-refractivity contribution >= 4 is 5.69 Å². The molecule has 90 valence electrons. The second-order valence-electron chi connectivity index (χ2n) is 4.42. The zero-order valence-electron chi connectivity index (χ0n) is 9.65. The minimum absolute atomic E-state index is 0.0607. The van der Waals surface area contributed by atoms with Crippen LogP contribution in [0.15, 0.2) is 12.1 Å². The minimum Gasteiger partial charge on any atom is -0.378 e. The number of rotatable bonds is 4. The molecule has 0 heterocycles. The minimum atomic E-state index is -0.905. The first-order valence-electron chi connectivity index (χ1n) is 5.31. The first-order valence-corrected chi connectivity index (χ1v) is 5.31. The SMILES string of the molecule is CC(C)CC(C)Nc1c(F)cc(F)cc1F. The lowest BCUT2D eigenvalue weighted by Gasteiger charge is -2.18. The number of nitrogens with one attached hydrogen (secondary N) is 1. The molecule has 0 bridgehead atoms. The predicted octanol–water partition coefficient (Wildman–Crippen LogP) is 3.95. The van der Waals surface area contributed by atoms with Crippen molar-refractivity contribution in [1.29, 1.82) is 0 Å². The summed E-state index contributed by atoms with van der Waals surface area (Å²) in [6.45, 7) is 5.88. The lowest BCUT2D eigenvalue weighted by Crippen LogP contribution is -2.19. The third kappa shape index (κ3) is 3.43. The summed E-state index contributed by atoms with van der Waals surface area (Å²) in [5.74, 6) is -2.27. The summed E-state index contributed by atoms with van der Waals surface area (Å²) in [6.07, 6.45) is 0.788. The van der Waals surface area contributed by atoms with E-state index in [-0.39, 0.29) is 11.7 Å². The van der Waals surface area contributed by atoms with E-state index in [1.807, 2.05) is 20.8 Å². The Morgan fingerprint density at radius 1 is 1.06 bits per heavy atom. The van der Waals surface area contributed by atoms with Crippen molar-refractivity contribution < 1.29 is 13.2 Å². The standard InChI is InChI=1S/C12H16F3N/c1-7(2)4-8(3)16-12-10(14)5-9(13)6-11(12)15/h5-8,16H,4H2,1-3H3. The molecule has 0 aliphatic rings. The molecule has 1 nitrogen and oxygen atoms in total. The smallest absolute Gasteiger partial charge is 0.152 e. The van der Waals surface area contributed by atoms with Crippen LogP contribution in [0.4, 0.5) is 18.9 Å². The number of hydrogen-bond donors (Lipinski definition) is 1. The molecule has 0 saturated heterocycles. The van der Waals surface area contributed by atoms with Gasteiger partial charge in [0, 0.05) is 18.2 Å². The Kier molecular flexibility index (Phi) is 4.21. The van der Waals surface area contributed by atoms with Crippen LogP contribution in [0.3, 0.4) is 0 Å². The van der Waals surface area contributed by atoms with E-state index in [4.69, 9.17) is 0 Å². The van der Waals surface area contributed by atoms with E-state index in [9.17, 15) is 13.2 Å². The van der Waals surface area contributed by atoms with Gasteiger partial charge in [0.05, 0.1) is 0 Å². The molecule has 0 saturated carbocycles. The normalized spacial score (nSPS) is 12.9. The van der Waals surface area contributed by atoms with Crippen molar-refractivity contribution in [3.8, 4) is 0 Å². The Morgan fingerprint density at radius 3 is 2.00 bits per heavy atom. The maximum atomic E-state index is 13.3. The fraction of sp³-hybridized carbons (Fsp3) is 0.500. The van der Waals surface area contributed by atoms with Gasteiger partial charge in [-0.15, -0.1) is 0 Å². The van der Waals surface area contributed by atoms with Crippen molar-refractivity contribution in [2.45, 2.75) is 33.2 Å². The molecule has 0 aliphatic heterocycles. The van der Waals surface area contributed by atoms with Gasteiger partial charge < -0.3 is 5.32 Å². The summed E-state index contributed by atoms with van der Waals surface area (Å²) in [4.78, 5) is 0. The third-order valence-corrected chi connectivity index (χ3v) is 2.22. The maximum Gasteiger partial charge on any atom is 0.152 e. The van der Waals surface area contributed by atoms with Crippen LogP contribution in [0.1, 0.15) is 27.2 Å². The van der Waals surface area contributed by atoms with E-state index in [1.165, 1.54) is 0 Å². The summed E-state index contributed by atoms with van der Waals surface area (Å²) < 4.78 is 39.2. The number of hydrogen-bond acceptors (Lipinski definition) is 1. The Morgan fingerprint density at radius 2 is 1.56 bits per heavy atom. The molecule has 0 radical (unpaired) electrons. The van der Waals surface area contributed by atoms with Gasteiger partial charge in [0.2, 0.25) is 0 Å².